The molecule has 4 heteroatoms. The van der Waals surface area contributed by atoms with Gasteiger partial charge in [0.25, 0.3) is 5.91 Å². The lowest BCUT2D eigenvalue weighted by atomic mass is 9.48. The molecule has 4 aliphatic rings. The summed E-state index contributed by atoms with van der Waals surface area (Å²) in [5.74, 6) is 2.72. The fraction of sp³-hybridized carbons (Fsp3) is 0.706. The Balaban J connectivity index is 1.50. The van der Waals surface area contributed by atoms with Crippen molar-refractivity contribution >= 4 is 11.6 Å². The zero-order valence-electron chi connectivity index (χ0n) is 12.7. The van der Waals surface area contributed by atoms with Crippen LogP contribution in [0, 0.1) is 23.2 Å². The molecular weight excluding hydrogens is 262 g/mol. The van der Waals surface area contributed by atoms with Gasteiger partial charge in [-0.15, -0.1) is 0 Å². The predicted molar refractivity (Wildman–Crippen MR) is 82.7 cm³/mol. The van der Waals surface area contributed by atoms with Crippen molar-refractivity contribution < 1.29 is 4.79 Å². The lowest BCUT2D eigenvalue weighted by Crippen LogP contribution is -2.55. The Morgan fingerprint density at radius 2 is 1.86 bits per heavy atom. The van der Waals surface area contributed by atoms with E-state index < -0.39 is 0 Å². The van der Waals surface area contributed by atoms with Crippen LogP contribution in [0.4, 0.5) is 5.69 Å². The molecule has 1 unspecified atom stereocenters. The number of nitrogens with one attached hydrogen (secondary N) is 2. The molecule has 0 saturated heterocycles. The van der Waals surface area contributed by atoms with Crippen molar-refractivity contribution in [3.05, 3.63) is 18.0 Å². The maximum Gasteiger partial charge on any atom is 0.267 e. The quantitative estimate of drug-likeness (QED) is 0.800. The van der Waals surface area contributed by atoms with Gasteiger partial charge in [-0.2, -0.15) is 0 Å². The molecule has 4 nitrogen and oxygen atoms in total. The average Bonchev–Trinajstić information content (AvgIpc) is 2.84. The van der Waals surface area contributed by atoms with Crippen molar-refractivity contribution in [1.82, 2.24) is 10.3 Å². The van der Waals surface area contributed by atoms with Gasteiger partial charge in [0.1, 0.15) is 5.69 Å². The summed E-state index contributed by atoms with van der Waals surface area (Å²) in [7, 11) is 0. The summed E-state index contributed by atoms with van der Waals surface area (Å²) < 4.78 is 0. The fourth-order valence-electron chi connectivity index (χ4n) is 5.68. The van der Waals surface area contributed by atoms with Crippen molar-refractivity contribution in [2.45, 2.75) is 51.5 Å². The molecule has 1 aromatic rings. The average molecular weight is 287 g/mol. The highest BCUT2D eigenvalue weighted by atomic mass is 16.1. The minimum atomic E-state index is -0.0186. The Morgan fingerprint density at radius 3 is 2.33 bits per heavy atom. The van der Waals surface area contributed by atoms with Crippen molar-refractivity contribution in [2.24, 2.45) is 23.2 Å². The molecule has 4 saturated carbocycles. The summed E-state index contributed by atoms with van der Waals surface area (Å²) in [6, 6.07) is 1.96. The normalized spacial score (nSPS) is 38.4. The number of anilines is 1. The van der Waals surface area contributed by atoms with Gasteiger partial charge < -0.3 is 16.0 Å². The molecule has 0 spiro atoms. The largest absolute Gasteiger partial charge is 0.397 e. The second-order valence-corrected chi connectivity index (χ2v) is 7.82. The van der Waals surface area contributed by atoms with Gasteiger partial charge in [-0.05, 0) is 74.7 Å². The molecule has 4 bridgehead atoms. The van der Waals surface area contributed by atoms with E-state index in [1.807, 2.05) is 0 Å². The number of hydrogen-bond donors (Lipinski definition) is 3. The summed E-state index contributed by atoms with van der Waals surface area (Å²) in [4.78, 5) is 15.3. The monoisotopic (exact) mass is 287 g/mol. The molecule has 4 fully saturated rings. The van der Waals surface area contributed by atoms with E-state index in [0.717, 1.165) is 17.8 Å². The van der Waals surface area contributed by atoms with Crippen LogP contribution >= 0.6 is 0 Å². The SMILES string of the molecule is CC(NC(=O)c1cc(N)c[nH]1)C12CC3CC(CC(C3)C1)C2. The molecule has 1 aromatic heterocycles. The van der Waals surface area contributed by atoms with E-state index in [1.165, 1.54) is 38.5 Å². The number of H-pyrrole nitrogens is 1. The molecule has 114 valence electrons. The standard InChI is InChI=1S/C17H25N3O/c1-10(20-16(21)15-5-14(18)9-19-15)17-6-11-2-12(7-17)4-13(3-11)8-17/h5,9-13,19H,2-4,6-8,18H2,1H3,(H,20,21). The van der Waals surface area contributed by atoms with Crippen LogP contribution < -0.4 is 11.1 Å². The van der Waals surface area contributed by atoms with Crippen molar-refractivity contribution in [3.63, 3.8) is 0 Å². The second kappa shape index (κ2) is 4.52. The Kier molecular flexibility index (Phi) is 2.85. The first-order valence-corrected chi connectivity index (χ1v) is 8.29. The van der Waals surface area contributed by atoms with Gasteiger partial charge in [0.15, 0.2) is 0 Å². The van der Waals surface area contributed by atoms with Gasteiger partial charge >= 0.3 is 0 Å². The van der Waals surface area contributed by atoms with Gasteiger partial charge in [0, 0.05) is 17.9 Å². The lowest BCUT2D eigenvalue weighted by Gasteiger charge is -2.59. The highest BCUT2D eigenvalue weighted by Gasteiger charge is 2.53. The summed E-state index contributed by atoms with van der Waals surface area (Å²) in [5, 5.41) is 3.24. The van der Waals surface area contributed by atoms with E-state index in [0.29, 0.717) is 16.8 Å². The number of hydrogen-bond acceptors (Lipinski definition) is 2. The maximum absolute atomic E-state index is 12.4. The number of carbonyl (C=O) groups excluding carboxylic acids is 1. The van der Waals surface area contributed by atoms with E-state index in [2.05, 4.69) is 17.2 Å². The van der Waals surface area contributed by atoms with Crippen LogP contribution in [-0.2, 0) is 0 Å². The van der Waals surface area contributed by atoms with Gasteiger partial charge in [-0.3, -0.25) is 4.79 Å². The van der Waals surface area contributed by atoms with Crippen LogP contribution in [0.2, 0.25) is 0 Å². The molecule has 0 aliphatic heterocycles. The first kappa shape index (κ1) is 13.2. The Hall–Kier alpha value is -1.45. The van der Waals surface area contributed by atoms with E-state index >= 15 is 0 Å². The van der Waals surface area contributed by atoms with Crippen molar-refractivity contribution in [1.29, 1.82) is 0 Å². The molecular formula is C17H25N3O. The summed E-state index contributed by atoms with van der Waals surface area (Å²) in [5.41, 5.74) is 7.22. The minimum absolute atomic E-state index is 0.0186. The van der Waals surface area contributed by atoms with Gasteiger partial charge in [0.2, 0.25) is 0 Å². The lowest BCUT2D eigenvalue weighted by molar-refractivity contribution is -0.0688. The number of aromatic nitrogens is 1. The Bertz CT molecular complexity index is 527. The molecule has 0 radical (unpaired) electrons. The Labute approximate surface area is 125 Å². The summed E-state index contributed by atoms with van der Waals surface area (Å²) in [6.45, 7) is 2.21. The molecule has 4 aliphatic carbocycles. The summed E-state index contributed by atoms with van der Waals surface area (Å²) in [6.07, 6.45) is 9.92. The van der Waals surface area contributed by atoms with Crippen LogP contribution in [0.1, 0.15) is 55.9 Å². The van der Waals surface area contributed by atoms with Crippen molar-refractivity contribution in [3.8, 4) is 0 Å². The topological polar surface area (TPSA) is 70.9 Å². The number of nitrogens with two attached hydrogens (primary N) is 1. The minimum Gasteiger partial charge on any atom is -0.397 e. The van der Waals surface area contributed by atoms with Crippen LogP contribution in [0.15, 0.2) is 12.3 Å². The molecule has 1 heterocycles. The maximum atomic E-state index is 12.4. The molecule has 5 rings (SSSR count). The smallest absolute Gasteiger partial charge is 0.267 e. The van der Waals surface area contributed by atoms with Gasteiger partial charge in [-0.25, -0.2) is 0 Å². The third kappa shape index (κ3) is 2.16. The van der Waals surface area contributed by atoms with Crippen LogP contribution in [0.25, 0.3) is 0 Å². The van der Waals surface area contributed by atoms with Crippen LogP contribution in [0.5, 0.6) is 0 Å². The highest BCUT2D eigenvalue weighted by Crippen LogP contribution is 2.61. The number of nitrogen functional groups attached to an aromatic ring is 1. The summed E-state index contributed by atoms with van der Waals surface area (Å²) >= 11 is 0. The predicted octanol–water partition coefficient (Wildman–Crippen LogP) is 2.93. The molecule has 4 N–H and O–H groups in total. The van der Waals surface area contributed by atoms with Crippen LogP contribution in [-0.4, -0.2) is 16.9 Å². The molecule has 21 heavy (non-hydrogen) atoms. The first-order chi connectivity index (χ1) is 10.0. The zero-order valence-corrected chi connectivity index (χ0v) is 12.7. The molecule has 0 aromatic carbocycles. The third-order valence-corrected chi connectivity index (χ3v) is 6.30. The first-order valence-electron chi connectivity index (χ1n) is 8.29. The van der Waals surface area contributed by atoms with E-state index in [-0.39, 0.29) is 11.9 Å². The second-order valence-electron chi connectivity index (χ2n) is 7.82. The molecule has 1 amide bonds. The fourth-order valence-corrected chi connectivity index (χ4v) is 5.68. The number of aromatic amines is 1. The van der Waals surface area contributed by atoms with Gasteiger partial charge in [-0.1, -0.05) is 0 Å². The molecule has 1 atom stereocenters. The number of rotatable bonds is 3. The number of carbonyl (C=O) groups is 1. The van der Waals surface area contributed by atoms with E-state index in [9.17, 15) is 4.79 Å². The zero-order chi connectivity index (χ0) is 14.6. The third-order valence-electron chi connectivity index (χ3n) is 6.30. The van der Waals surface area contributed by atoms with Gasteiger partial charge in [0.05, 0.1) is 0 Å². The number of amides is 1. The highest BCUT2D eigenvalue weighted by molar-refractivity contribution is 5.93. The van der Waals surface area contributed by atoms with E-state index in [4.69, 9.17) is 5.73 Å². The van der Waals surface area contributed by atoms with Crippen molar-refractivity contribution in [2.75, 3.05) is 5.73 Å². The van der Waals surface area contributed by atoms with E-state index in [1.54, 1.807) is 12.3 Å². The van der Waals surface area contributed by atoms with Crippen LogP contribution in [0.3, 0.4) is 0 Å². The Morgan fingerprint density at radius 1 is 1.29 bits per heavy atom.